The average molecular weight is 477 g/mol. The first-order valence-electron chi connectivity index (χ1n) is 9.62. The Bertz CT molecular complexity index is 93.2. The molecule has 0 nitrogen and oxygen atoms in total. The Labute approximate surface area is 164 Å². The van der Waals surface area contributed by atoms with E-state index in [9.17, 15) is 0 Å². The van der Waals surface area contributed by atoms with Crippen LogP contribution in [0.25, 0.3) is 0 Å². The van der Waals surface area contributed by atoms with Crippen LogP contribution in [-0.4, -0.2) is 0 Å². The summed E-state index contributed by atoms with van der Waals surface area (Å²) in [5, 5.41) is 0. The summed E-state index contributed by atoms with van der Waals surface area (Å²) in [6.45, 7) is 17.9. The van der Waals surface area contributed by atoms with Gasteiger partial charge < -0.3 is 22.2 Å². The Balaban J connectivity index is -0.0000000675. The van der Waals surface area contributed by atoms with Crippen molar-refractivity contribution in [1.29, 1.82) is 0 Å². The molecule has 0 aromatic heterocycles. The molecule has 0 N–H and O–H groups in total. The predicted octanol–water partition coefficient (Wildman–Crippen LogP) is 8.48. The molecule has 0 bridgehead atoms. The fourth-order valence-corrected chi connectivity index (χ4v) is 1.81. The predicted molar refractivity (Wildman–Crippen MR) is 103 cm³/mol. The number of hydrogen-bond donors (Lipinski definition) is 0. The molecule has 22 heavy (non-hydrogen) atoms. The van der Waals surface area contributed by atoms with Gasteiger partial charge in [-0.3, -0.25) is 0 Å². The smallest absolute Gasteiger partial charge is 1.00 e. The summed E-state index contributed by atoms with van der Waals surface area (Å²) in [4.78, 5) is 0. The van der Waals surface area contributed by atoms with Crippen molar-refractivity contribution in [2.75, 3.05) is 0 Å². The molecule has 0 radical (unpaired) electrons. The number of unbranched alkanes of at least 4 members (excludes halogenated alkanes) is 12. The molecule has 0 aliphatic heterocycles. The Morgan fingerprint density at radius 2 is 0.682 bits per heavy atom. The van der Waals surface area contributed by atoms with Crippen molar-refractivity contribution in [3.63, 3.8) is 0 Å². The Morgan fingerprint density at radius 3 is 0.818 bits per heavy atom. The molecule has 0 amide bonds. The van der Waals surface area contributed by atoms with E-state index in [1.54, 1.807) is 0 Å². The molecule has 0 spiro atoms. The normalized spacial score (nSPS) is 9.00. The first kappa shape index (κ1) is 30.7. The standard InChI is InChI=1S/3C7H15.Hf.H/c3*1-3-5-7-6-4-2;;/h3*1,3-7H2,2H3;;/q3*-1;+4;-1. The Hall–Kier alpha value is 0.870. The molecule has 0 heterocycles. The van der Waals surface area contributed by atoms with Gasteiger partial charge in [-0.1, -0.05) is 97.8 Å². The van der Waals surface area contributed by atoms with Gasteiger partial charge >= 0.3 is 25.8 Å². The number of hydrogen-bond acceptors (Lipinski definition) is 0. The van der Waals surface area contributed by atoms with E-state index in [1.165, 1.54) is 77.0 Å². The van der Waals surface area contributed by atoms with Gasteiger partial charge in [-0.25, -0.2) is 0 Å². The fourth-order valence-electron chi connectivity index (χ4n) is 1.81. The van der Waals surface area contributed by atoms with Crippen LogP contribution in [0.2, 0.25) is 0 Å². The second-order valence-corrected chi connectivity index (χ2v) is 5.74. The van der Waals surface area contributed by atoms with Crippen LogP contribution in [0.4, 0.5) is 0 Å². The van der Waals surface area contributed by atoms with Crippen molar-refractivity contribution >= 4 is 0 Å². The molecule has 0 aromatic rings. The van der Waals surface area contributed by atoms with Crippen molar-refractivity contribution in [3.05, 3.63) is 20.8 Å². The maximum Gasteiger partial charge on any atom is 4.00 e. The van der Waals surface area contributed by atoms with E-state index in [0.717, 1.165) is 19.3 Å². The molecule has 0 saturated heterocycles. The van der Waals surface area contributed by atoms with Crippen LogP contribution >= 0.6 is 0 Å². The van der Waals surface area contributed by atoms with Crippen LogP contribution in [-0.2, 0) is 25.8 Å². The summed E-state index contributed by atoms with van der Waals surface area (Å²) < 4.78 is 0. The first-order chi connectivity index (χ1) is 10.2. The molecule has 0 aliphatic carbocycles. The van der Waals surface area contributed by atoms with Crippen molar-refractivity contribution in [3.8, 4) is 0 Å². The second kappa shape index (κ2) is 37.8. The van der Waals surface area contributed by atoms with Crippen molar-refractivity contribution in [2.45, 2.75) is 117 Å². The molecule has 0 atom stereocenters. The van der Waals surface area contributed by atoms with Crippen LogP contribution < -0.4 is 0 Å². The van der Waals surface area contributed by atoms with Gasteiger partial charge in [0.1, 0.15) is 0 Å². The minimum atomic E-state index is 0. The quantitative estimate of drug-likeness (QED) is 0.150. The van der Waals surface area contributed by atoms with Gasteiger partial charge in [0.25, 0.3) is 0 Å². The Morgan fingerprint density at radius 1 is 0.455 bits per heavy atom. The zero-order valence-corrected chi connectivity index (χ0v) is 19.8. The molecule has 0 unspecified atom stereocenters. The van der Waals surface area contributed by atoms with E-state index in [0.29, 0.717) is 0 Å². The maximum atomic E-state index is 3.76. The van der Waals surface area contributed by atoms with Crippen LogP contribution in [0.15, 0.2) is 0 Å². The third kappa shape index (κ3) is 49.7. The molecule has 1 heteroatoms. The zero-order chi connectivity index (χ0) is 16.6. The zero-order valence-electron chi connectivity index (χ0n) is 17.2. The molecule has 0 aliphatic rings. The summed E-state index contributed by atoms with van der Waals surface area (Å²) in [7, 11) is 0. The summed E-state index contributed by atoms with van der Waals surface area (Å²) in [6.07, 6.45) is 19.6. The Kier molecular flexibility index (Phi) is 52.8. The number of rotatable bonds is 12. The van der Waals surface area contributed by atoms with Gasteiger partial charge in [0.15, 0.2) is 0 Å². The summed E-state index contributed by atoms with van der Waals surface area (Å²) in [5.41, 5.74) is 0. The molecular formula is C21H46Hf. The summed E-state index contributed by atoms with van der Waals surface area (Å²) >= 11 is 0. The van der Waals surface area contributed by atoms with Gasteiger partial charge in [-0.2, -0.15) is 19.3 Å². The largest absolute Gasteiger partial charge is 4.00 e. The van der Waals surface area contributed by atoms with E-state index in [2.05, 4.69) is 41.5 Å². The molecule has 0 rings (SSSR count). The topological polar surface area (TPSA) is 0 Å². The first-order valence-corrected chi connectivity index (χ1v) is 9.62. The minimum absolute atomic E-state index is 0. The summed E-state index contributed by atoms with van der Waals surface area (Å²) in [6, 6.07) is 0. The molecule has 0 aromatic carbocycles. The average Bonchev–Trinajstić information content (AvgIpc) is 2.50. The van der Waals surface area contributed by atoms with Crippen molar-refractivity contribution in [1.82, 2.24) is 0 Å². The van der Waals surface area contributed by atoms with E-state index < -0.39 is 0 Å². The fraction of sp³-hybridized carbons (Fsp3) is 0.857. The minimum Gasteiger partial charge on any atom is -1.00 e. The van der Waals surface area contributed by atoms with Crippen molar-refractivity contribution < 1.29 is 27.3 Å². The second-order valence-electron chi connectivity index (χ2n) is 5.74. The van der Waals surface area contributed by atoms with Crippen LogP contribution in [0.5, 0.6) is 0 Å². The van der Waals surface area contributed by atoms with E-state index in [1.807, 2.05) is 0 Å². The van der Waals surface area contributed by atoms with E-state index >= 15 is 0 Å². The van der Waals surface area contributed by atoms with Gasteiger partial charge in [-0.05, 0) is 0 Å². The monoisotopic (exact) mass is 478 g/mol. The van der Waals surface area contributed by atoms with Crippen LogP contribution in [0.3, 0.4) is 0 Å². The van der Waals surface area contributed by atoms with Gasteiger partial charge in [-0.15, -0.1) is 0 Å². The third-order valence-electron chi connectivity index (χ3n) is 3.31. The van der Waals surface area contributed by atoms with E-state index in [-0.39, 0.29) is 27.3 Å². The van der Waals surface area contributed by atoms with E-state index in [4.69, 9.17) is 0 Å². The maximum absolute atomic E-state index is 3.76. The molecule has 0 fully saturated rings. The summed E-state index contributed by atoms with van der Waals surface area (Å²) in [5.74, 6) is 0. The SMILES string of the molecule is [CH2-]CCCCCC.[CH2-]CCCCCC.[CH2-]CCCCCC.[H-].[Hf+4]. The third-order valence-corrected chi connectivity index (χ3v) is 3.31. The van der Waals surface area contributed by atoms with Crippen molar-refractivity contribution in [2.24, 2.45) is 0 Å². The van der Waals surface area contributed by atoms with Gasteiger partial charge in [0.2, 0.25) is 0 Å². The molecule has 0 saturated carbocycles. The molecule has 134 valence electrons. The van der Waals surface area contributed by atoms with Gasteiger partial charge in [0.05, 0.1) is 0 Å². The molecular weight excluding hydrogens is 431 g/mol. The van der Waals surface area contributed by atoms with Gasteiger partial charge in [0, 0.05) is 0 Å². The van der Waals surface area contributed by atoms with Crippen LogP contribution in [0.1, 0.15) is 119 Å². The van der Waals surface area contributed by atoms with Crippen LogP contribution in [0, 0.1) is 20.8 Å².